The van der Waals surface area contributed by atoms with Gasteiger partial charge in [0.1, 0.15) is 5.84 Å². The van der Waals surface area contributed by atoms with Crippen molar-refractivity contribution in [1.82, 2.24) is 4.98 Å². The second-order valence-corrected chi connectivity index (χ2v) is 6.26. The highest BCUT2D eigenvalue weighted by Gasteiger charge is 2.13. The second-order valence-electron chi connectivity index (χ2n) is 4.91. The van der Waals surface area contributed by atoms with E-state index in [1.54, 1.807) is 36.8 Å². The van der Waals surface area contributed by atoms with Gasteiger partial charge in [0.15, 0.2) is 6.29 Å². The van der Waals surface area contributed by atoms with Gasteiger partial charge in [-0.2, -0.15) is 0 Å². The van der Waals surface area contributed by atoms with Crippen molar-refractivity contribution in [3.63, 3.8) is 0 Å². The third-order valence-electron chi connectivity index (χ3n) is 3.46. The number of rotatable bonds is 5. The van der Waals surface area contributed by atoms with Gasteiger partial charge < -0.3 is 4.90 Å². The predicted octanol–water partition coefficient (Wildman–Crippen LogP) is 3.21. The molecule has 0 saturated carbocycles. The zero-order valence-electron chi connectivity index (χ0n) is 13.4. The molecular formula is C17H19N3O2S. The van der Waals surface area contributed by atoms with Gasteiger partial charge in [0.25, 0.3) is 0 Å². The smallest absolute Gasteiger partial charge is 0.153 e. The topological polar surface area (TPSA) is 62.6 Å². The van der Waals surface area contributed by atoms with E-state index in [1.807, 2.05) is 31.0 Å². The third kappa shape index (κ3) is 3.90. The molecular weight excluding hydrogens is 310 g/mol. The van der Waals surface area contributed by atoms with Crippen molar-refractivity contribution in [1.29, 1.82) is 0 Å². The van der Waals surface area contributed by atoms with Crippen LogP contribution >= 0.6 is 0 Å². The zero-order valence-corrected chi connectivity index (χ0v) is 14.2. The highest BCUT2D eigenvalue weighted by molar-refractivity contribution is 7.84. The Morgan fingerprint density at radius 1 is 1.35 bits per heavy atom. The van der Waals surface area contributed by atoms with E-state index in [-0.39, 0.29) is 0 Å². The molecule has 0 aliphatic carbocycles. The Bertz CT molecular complexity index is 745. The number of anilines is 1. The van der Waals surface area contributed by atoms with Crippen LogP contribution in [0.1, 0.15) is 23.7 Å². The average Bonchev–Trinajstić information content (AvgIpc) is 2.59. The van der Waals surface area contributed by atoms with Crippen LogP contribution in [-0.4, -0.2) is 34.6 Å². The van der Waals surface area contributed by atoms with E-state index in [0.29, 0.717) is 28.9 Å². The quantitative estimate of drug-likeness (QED) is 0.480. The number of nitrogens with zero attached hydrogens (tertiary/aromatic N) is 3. The molecule has 0 fully saturated rings. The molecule has 1 aromatic carbocycles. The van der Waals surface area contributed by atoms with Crippen LogP contribution in [0.5, 0.6) is 0 Å². The van der Waals surface area contributed by atoms with Crippen LogP contribution in [0.15, 0.2) is 52.6 Å². The molecule has 0 aliphatic heterocycles. The van der Waals surface area contributed by atoms with Gasteiger partial charge >= 0.3 is 0 Å². The Kier molecular flexibility index (Phi) is 5.76. The maximum Gasteiger partial charge on any atom is 0.153 e. The van der Waals surface area contributed by atoms with E-state index in [0.717, 1.165) is 11.5 Å². The molecule has 0 N–H and O–H groups in total. The van der Waals surface area contributed by atoms with E-state index >= 15 is 0 Å². The highest BCUT2D eigenvalue weighted by atomic mass is 32.2. The van der Waals surface area contributed by atoms with E-state index in [9.17, 15) is 9.00 Å². The summed E-state index contributed by atoms with van der Waals surface area (Å²) in [5.74, 6) is 0.792. The molecule has 120 valence electrons. The van der Waals surface area contributed by atoms with Gasteiger partial charge in [-0.25, -0.2) is 4.99 Å². The molecule has 6 heteroatoms. The Balaban J connectivity index is 2.48. The largest absolute Gasteiger partial charge is 0.332 e. The second kappa shape index (κ2) is 7.78. The Morgan fingerprint density at radius 3 is 2.70 bits per heavy atom. The van der Waals surface area contributed by atoms with Gasteiger partial charge in [-0.3, -0.25) is 14.0 Å². The highest BCUT2D eigenvalue weighted by Crippen LogP contribution is 2.25. The van der Waals surface area contributed by atoms with Gasteiger partial charge in [0.2, 0.25) is 0 Å². The van der Waals surface area contributed by atoms with Gasteiger partial charge in [0.05, 0.1) is 38.8 Å². The lowest BCUT2D eigenvalue weighted by Gasteiger charge is -2.20. The fourth-order valence-corrected chi connectivity index (χ4v) is 2.96. The molecule has 0 spiro atoms. The first-order valence-electron chi connectivity index (χ1n) is 7.21. The van der Waals surface area contributed by atoms with E-state index in [4.69, 9.17) is 0 Å². The van der Waals surface area contributed by atoms with Crippen LogP contribution in [0.4, 0.5) is 11.4 Å². The summed E-state index contributed by atoms with van der Waals surface area (Å²) in [7, 11) is 0.666. The Morgan fingerprint density at radius 2 is 2.13 bits per heavy atom. The summed E-state index contributed by atoms with van der Waals surface area (Å²) in [6, 6.07) is 9.01. The summed E-state index contributed by atoms with van der Waals surface area (Å²) >= 11 is 0. The minimum Gasteiger partial charge on any atom is -0.332 e. The van der Waals surface area contributed by atoms with Crippen LogP contribution in [0.2, 0.25) is 0 Å². The van der Waals surface area contributed by atoms with Crippen molar-refractivity contribution in [2.24, 2.45) is 4.99 Å². The fraction of sp³-hybridized carbons (Fsp3) is 0.235. The van der Waals surface area contributed by atoms with Crippen molar-refractivity contribution in [2.75, 3.05) is 18.2 Å². The third-order valence-corrected chi connectivity index (χ3v) is 4.43. The van der Waals surface area contributed by atoms with Crippen LogP contribution in [0, 0.1) is 0 Å². The molecule has 2 rings (SSSR count). The van der Waals surface area contributed by atoms with Crippen molar-refractivity contribution in [2.45, 2.75) is 18.2 Å². The summed E-state index contributed by atoms with van der Waals surface area (Å²) < 4.78 is 11.8. The predicted molar refractivity (Wildman–Crippen MR) is 94.2 cm³/mol. The first-order valence-corrected chi connectivity index (χ1v) is 8.77. The molecule has 5 nitrogen and oxygen atoms in total. The lowest BCUT2D eigenvalue weighted by Crippen LogP contribution is -2.25. The number of benzene rings is 1. The number of amidine groups is 1. The van der Waals surface area contributed by atoms with E-state index in [1.165, 1.54) is 0 Å². The van der Waals surface area contributed by atoms with Crippen molar-refractivity contribution < 1.29 is 9.00 Å². The minimum absolute atomic E-state index is 0.374. The van der Waals surface area contributed by atoms with Gasteiger partial charge in [-0.15, -0.1) is 0 Å². The minimum atomic E-state index is -1.24. The molecule has 1 heterocycles. The number of pyridine rings is 1. The molecule has 1 unspecified atom stereocenters. The summed E-state index contributed by atoms with van der Waals surface area (Å²) in [6.45, 7) is 1.99. The molecule has 1 atom stereocenters. The number of hydrogen-bond donors (Lipinski definition) is 0. The lowest BCUT2D eigenvalue weighted by atomic mass is 10.2. The summed E-state index contributed by atoms with van der Waals surface area (Å²) in [6.07, 6.45) is 6.42. The molecule has 0 saturated heterocycles. The van der Waals surface area contributed by atoms with E-state index in [2.05, 4.69) is 9.98 Å². The monoisotopic (exact) mass is 329 g/mol. The molecule has 0 bridgehead atoms. The fourth-order valence-electron chi connectivity index (χ4n) is 2.23. The molecule has 23 heavy (non-hydrogen) atoms. The van der Waals surface area contributed by atoms with Crippen LogP contribution in [0.3, 0.4) is 0 Å². The molecule has 0 amide bonds. The molecule has 2 aromatic rings. The van der Waals surface area contributed by atoms with Gasteiger partial charge in [0, 0.05) is 25.9 Å². The average molecular weight is 329 g/mol. The summed E-state index contributed by atoms with van der Waals surface area (Å²) in [5.41, 5.74) is 1.81. The number of aromatic nitrogens is 1. The van der Waals surface area contributed by atoms with Crippen molar-refractivity contribution >= 4 is 34.3 Å². The van der Waals surface area contributed by atoms with Crippen LogP contribution < -0.4 is 4.90 Å². The number of aldehydes is 1. The lowest BCUT2D eigenvalue weighted by molar-refractivity contribution is 0.112. The number of hydrogen-bond acceptors (Lipinski definition) is 4. The van der Waals surface area contributed by atoms with Gasteiger partial charge in [-0.05, 0) is 24.3 Å². The number of carbonyl (C=O) groups is 1. The Hall–Kier alpha value is -2.34. The first-order chi connectivity index (χ1) is 11.1. The Labute approximate surface area is 138 Å². The standard InChI is InChI=1S/C17H19N3O2S/c1-4-17(20(2)13-7-6-10-18-11-13)19-15-8-5-9-16(23(3)22)14(15)12-21/h5-12H,4H2,1-3H3. The maximum atomic E-state index is 11.8. The van der Waals surface area contributed by atoms with Crippen molar-refractivity contribution in [3.05, 3.63) is 48.3 Å². The van der Waals surface area contributed by atoms with E-state index < -0.39 is 10.8 Å². The SMILES string of the molecule is CCC(=Nc1cccc(S(C)=O)c1C=O)N(C)c1cccnc1. The molecule has 0 aliphatic rings. The summed E-state index contributed by atoms with van der Waals surface area (Å²) in [5, 5.41) is 0. The number of aliphatic imine (C=N–C) groups is 1. The maximum absolute atomic E-state index is 11.8. The molecule has 1 aromatic heterocycles. The zero-order chi connectivity index (χ0) is 16.8. The van der Waals surface area contributed by atoms with Crippen LogP contribution in [-0.2, 0) is 10.8 Å². The van der Waals surface area contributed by atoms with Crippen molar-refractivity contribution in [3.8, 4) is 0 Å². The summed E-state index contributed by atoms with van der Waals surface area (Å²) in [4.78, 5) is 22.6. The number of carbonyl (C=O) groups excluding carboxylic acids is 1. The molecule has 0 radical (unpaired) electrons. The van der Waals surface area contributed by atoms with Gasteiger partial charge in [-0.1, -0.05) is 13.0 Å². The first kappa shape index (κ1) is 17.0. The van der Waals surface area contributed by atoms with Crippen LogP contribution in [0.25, 0.3) is 0 Å². The normalized spacial score (nSPS) is 12.7.